The minimum absolute atomic E-state index is 0.0102. The highest BCUT2D eigenvalue weighted by molar-refractivity contribution is 8.00. The second kappa shape index (κ2) is 11.4. The van der Waals surface area contributed by atoms with Crippen molar-refractivity contribution in [2.24, 2.45) is 0 Å². The number of amides is 1. The standard InChI is InChI=1S/C27H19Cl2NO4S/c28-19-12-13-22(20(14-19)27(33)18-6-2-1-3-7-18)30-24(31)15-34-25(32)16-35-23-11-5-9-17-8-4-10-21(29)26(17)23/h1-14H,15-16H2,(H,30,31). The van der Waals surface area contributed by atoms with Crippen molar-refractivity contribution in [2.75, 3.05) is 17.7 Å². The van der Waals surface area contributed by atoms with Crippen LogP contribution < -0.4 is 5.32 Å². The van der Waals surface area contributed by atoms with Crippen molar-refractivity contribution >= 4 is 69.1 Å². The number of ketones is 1. The van der Waals surface area contributed by atoms with Crippen LogP contribution in [0.15, 0.2) is 89.8 Å². The Kier molecular flexibility index (Phi) is 8.08. The lowest BCUT2D eigenvalue weighted by Crippen LogP contribution is -2.22. The van der Waals surface area contributed by atoms with Gasteiger partial charge in [-0.15, -0.1) is 11.8 Å². The van der Waals surface area contributed by atoms with Crippen LogP contribution >= 0.6 is 35.0 Å². The van der Waals surface area contributed by atoms with Gasteiger partial charge in [0.1, 0.15) is 0 Å². The zero-order valence-electron chi connectivity index (χ0n) is 18.3. The van der Waals surface area contributed by atoms with Crippen LogP contribution in [0.4, 0.5) is 5.69 Å². The summed E-state index contributed by atoms with van der Waals surface area (Å²) in [7, 11) is 0. The monoisotopic (exact) mass is 523 g/mol. The third kappa shape index (κ3) is 6.22. The third-order valence-corrected chi connectivity index (χ3v) is 6.64. The summed E-state index contributed by atoms with van der Waals surface area (Å²) in [6, 6.07) is 24.6. The van der Waals surface area contributed by atoms with E-state index < -0.39 is 18.5 Å². The van der Waals surface area contributed by atoms with Gasteiger partial charge in [-0.1, -0.05) is 77.8 Å². The Bertz CT molecular complexity index is 1400. The summed E-state index contributed by atoms with van der Waals surface area (Å²) in [6.45, 7) is -0.489. The minimum atomic E-state index is -0.569. The van der Waals surface area contributed by atoms with Gasteiger partial charge >= 0.3 is 5.97 Å². The number of anilines is 1. The van der Waals surface area contributed by atoms with E-state index in [0.717, 1.165) is 15.7 Å². The largest absolute Gasteiger partial charge is 0.455 e. The van der Waals surface area contributed by atoms with E-state index in [0.29, 0.717) is 15.6 Å². The zero-order valence-corrected chi connectivity index (χ0v) is 20.6. The smallest absolute Gasteiger partial charge is 0.316 e. The van der Waals surface area contributed by atoms with E-state index in [2.05, 4.69) is 5.32 Å². The number of esters is 1. The highest BCUT2D eigenvalue weighted by Gasteiger charge is 2.17. The molecule has 0 unspecified atom stereocenters. The molecule has 0 bridgehead atoms. The van der Waals surface area contributed by atoms with E-state index in [1.54, 1.807) is 48.5 Å². The van der Waals surface area contributed by atoms with Gasteiger partial charge in [-0.25, -0.2) is 0 Å². The molecule has 5 nitrogen and oxygen atoms in total. The van der Waals surface area contributed by atoms with E-state index in [1.165, 1.54) is 17.8 Å². The molecule has 4 aromatic rings. The molecule has 176 valence electrons. The molecule has 0 fully saturated rings. The predicted octanol–water partition coefficient (Wildman–Crippen LogP) is 6.65. The molecule has 0 saturated heterocycles. The first-order valence-electron chi connectivity index (χ1n) is 10.6. The number of fused-ring (bicyclic) bond motifs is 1. The van der Waals surface area contributed by atoms with Gasteiger partial charge in [0, 0.05) is 31.5 Å². The molecular formula is C27H19Cl2NO4S. The van der Waals surface area contributed by atoms with Gasteiger partial charge in [-0.2, -0.15) is 0 Å². The van der Waals surface area contributed by atoms with Crippen LogP contribution in [-0.4, -0.2) is 30.0 Å². The topological polar surface area (TPSA) is 72.5 Å². The highest BCUT2D eigenvalue weighted by Crippen LogP contribution is 2.33. The average Bonchev–Trinajstić information content (AvgIpc) is 2.87. The Morgan fingerprint density at radius 3 is 2.37 bits per heavy atom. The summed E-state index contributed by atoms with van der Waals surface area (Å²) in [5.74, 6) is -1.39. The van der Waals surface area contributed by atoms with E-state index in [-0.39, 0.29) is 22.8 Å². The van der Waals surface area contributed by atoms with Gasteiger partial charge in [0.2, 0.25) is 0 Å². The molecule has 1 amide bonds. The molecule has 0 aliphatic rings. The number of carbonyl (C=O) groups excluding carboxylic acids is 3. The molecule has 0 aromatic heterocycles. The fraction of sp³-hybridized carbons (Fsp3) is 0.0741. The minimum Gasteiger partial charge on any atom is -0.455 e. The molecule has 0 aliphatic carbocycles. The molecule has 35 heavy (non-hydrogen) atoms. The Morgan fingerprint density at radius 2 is 1.60 bits per heavy atom. The highest BCUT2D eigenvalue weighted by atomic mass is 35.5. The normalized spacial score (nSPS) is 10.7. The van der Waals surface area contributed by atoms with Gasteiger partial charge < -0.3 is 10.1 Å². The van der Waals surface area contributed by atoms with E-state index in [4.69, 9.17) is 27.9 Å². The maximum absolute atomic E-state index is 12.9. The molecule has 8 heteroatoms. The van der Waals surface area contributed by atoms with Crippen molar-refractivity contribution in [1.82, 2.24) is 0 Å². The Hall–Kier alpha value is -3.32. The molecule has 0 aliphatic heterocycles. The van der Waals surface area contributed by atoms with Gasteiger partial charge in [0.15, 0.2) is 12.4 Å². The first kappa shape index (κ1) is 24.8. The van der Waals surface area contributed by atoms with Crippen molar-refractivity contribution in [1.29, 1.82) is 0 Å². The number of nitrogens with one attached hydrogen (secondary N) is 1. The number of ether oxygens (including phenoxy) is 1. The average molecular weight is 524 g/mol. The number of thioether (sulfide) groups is 1. The summed E-state index contributed by atoms with van der Waals surface area (Å²) in [5, 5.41) is 5.43. The second-order valence-electron chi connectivity index (χ2n) is 7.48. The SMILES string of the molecule is O=C(COC(=O)CSc1cccc2cccc(Cl)c12)Nc1ccc(Cl)cc1C(=O)c1ccccc1. The fourth-order valence-corrected chi connectivity index (χ4v) is 4.87. The van der Waals surface area contributed by atoms with Crippen molar-refractivity contribution in [3.8, 4) is 0 Å². The number of carbonyl (C=O) groups is 3. The summed E-state index contributed by atoms with van der Waals surface area (Å²) in [6.07, 6.45) is 0. The second-order valence-corrected chi connectivity index (χ2v) is 9.34. The molecule has 1 N–H and O–H groups in total. The van der Waals surface area contributed by atoms with Crippen LogP contribution in [0.1, 0.15) is 15.9 Å². The van der Waals surface area contributed by atoms with Crippen molar-refractivity contribution in [3.05, 3.63) is 106 Å². The first-order valence-corrected chi connectivity index (χ1v) is 12.3. The molecular weight excluding hydrogens is 505 g/mol. The van der Waals surface area contributed by atoms with Gasteiger partial charge in [-0.05, 0) is 35.7 Å². The number of rotatable bonds is 8. The maximum atomic E-state index is 12.9. The van der Waals surface area contributed by atoms with Crippen LogP contribution in [0.25, 0.3) is 10.8 Å². The quantitative estimate of drug-likeness (QED) is 0.159. The lowest BCUT2D eigenvalue weighted by atomic mass is 10.0. The van der Waals surface area contributed by atoms with Crippen LogP contribution in [0.5, 0.6) is 0 Å². The van der Waals surface area contributed by atoms with Crippen molar-refractivity contribution in [2.45, 2.75) is 4.90 Å². The fourth-order valence-electron chi connectivity index (χ4n) is 3.45. The predicted molar refractivity (Wildman–Crippen MR) is 141 cm³/mol. The molecule has 0 heterocycles. The maximum Gasteiger partial charge on any atom is 0.316 e. The molecule has 0 atom stereocenters. The van der Waals surface area contributed by atoms with Crippen LogP contribution in [-0.2, 0) is 14.3 Å². The van der Waals surface area contributed by atoms with Gasteiger partial charge in [-0.3, -0.25) is 14.4 Å². The number of benzene rings is 4. The molecule has 4 aromatic carbocycles. The van der Waals surface area contributed by atoms with E-state index in [9.17, 15) is 14.4 Å². The van der Waals surface area contributed by atoms with Crippen molar-refractivity contribution < 1.29 is 19.1 Å². The van der Waals surface area contributed by atoms with Crippen LogP contribution in [0.2, 0.25) is 10.0 Å². The lowest BCUT2D eigenvalue weighted by molar-refractivity contribution is -0.144. The van der Waals surface area contributed by atoms with Crippen molar-refractivity contribution in [3.63, 3.8) is 0 Å². The first-order chi connectivity index (χ1) is 16.9. The molecule has 4 rings (SSSR count). The van der Waals surface area contributed by atoms with Gasteiger partial charge in [0.05, 0.1) is 11.4 Å². The van der Waals surface area contributed by atoms with E-state index in [1.807, 2.05) is 30.3 Å². The third-order valence-electron chi connectivity index (χ3n) is 5.06. The summed E-state index contributed by atoms with van der Waals surface area (Å²) in [4.78, 5) is 38.5. The molecule has 0 saturated carbocycles. The Balaban J connectivity index is 1.36. The Labute approximate surface area is 216 Å². The zero-order chi connectivity index (χ0) is 24.8. The summed E-state index contributed by atoms with van der Waals surface area (Å²) in [5.41, 5.74) is 0.984. The van der Waals surface area contributed by atoms with Crippen LogP contribution in [0, 0.1) is 0 Å². The number of halogens is 2. The number of hydrogen-bond acceptors (Lipinski definition) is 5. The Morgan fingerprint density at radius 1 is 0.857 bits per heavy atom. The summed E-state index contributed by atoms with van der Waals surface area (Å²) >= 11 is 13.7. The summed E-state index contributed by atoms with van der Waals surface area (Å²) < 4.78 is 5.13. The lowest BCUT2D eigenvalue weighted by Gasteiger charge is -2.12. The van der Waals surface area contributed by atoms with Gasteiger partial charge in [0.25, 0.3) is 5.91 Å². The molecule has 0 spiro atoms. The van der Waals surface area contributed by atoms with Crippen LogP contribution in [0.3, 0.4) is 0 Å². The number of hydrogen-bond donors (Lipinski definition) is 1. The molecule has 0 radical (unpaired) electrons. The van der Waals surface area contributed by atoms with E-state index >= 15 is 0 Å².